The van der Waals surface area contributed by atoms with Crippen molar-refractivity contribution >= 4 is 11.9 Å². The molecule has 0 saturated carbocycles. The van der Waals surface area contributed by atoms with E-state index >= 15 is 0 Å². The van der Waals surface area contributed by atoms with Gasteiger partial charge in [-0.05, 0) is 24.6 Å². The molecule has 4 rings (SSSR count). The molecule has 2 aromatic rings. The van der Waals surface area contributed by atoms with Gasteiger partial charge >= 0.3 is 17.8 Å². The third-order valence-corrected chi connectivity index (χ3v) is 5.84. The number of nitrogens with zero attached hydrogens (tertiary/aromatic N) is 4. The Morgan fingerprint density at radius 1 is 1.31 bits per heavy atom. The van der Waals surface area contributed by atoms with Crippen LogP contribution in [0.3, 0.4) is 0 Å². The maximum Gasteiger partial charge on any atom is 0.417 e. The number of likely N-dealkylation sites (tertiary alicyclic amines) is 1. The Morgan fingerprint density at radius 2 is 2.03 bits per heavy atom. The molecule has 1 saturated heterocycles. The summed E-state index contributed by atoms with van der Waals surface area (Å²) in [6.45, 7) is 0.183. The molecule has 168 valence electrons. The summed E-state index contributed by atoms with van der Waals surface area (Å²) in [6.07, 6.45) is -4.67. The summed E-state index contributed by atoms with van der Waals surface area (Å²) in [5.74, 6) is -1.47. The number of carbonyl (C=O) groups is 2. The highest BCUT2D eigenvalue weighted by molar-refractivity contribution is 5.82. The van der Waals surface area contributed by atoms with E-state index in [0.29, 0.717) is 12.5 Å². The second-order valence-electron chi connectivity index (χ2n) is 7.56. The van der Waals surface area contributed by atoms with Gasteiger partial charge in [0, 0.05) is 13.0 Å². The van der Waals surface area contributed by atoms with Crippen molar-refractivity contribution in [1.29, 1.82) is 5.26 Å². The zero-order chi connectivity index (χ0) is 23.4. The Balaban J connectivity index is 1.72. The van der Waals surface area contributed by atoms with Crippen LogP contribution in [0.5, 0.6) is 5.88 Å². The normalized spacial score (nSPS) is 19.0. The fourth-order valence-corrected chi connectivity index (χ4v) is 4.41. The lowest BCUT2D eigenvalue weighted by Gasteiger charge is -2.27. The number of ether oxygens (including phenoxy) is 1. The predicted octanol–water partition coefficient (Wildman–Crippen LogP) is 2.02. The van der Waals surface area contributed by atoms with Gasteiger partial charge in [-0.1, -0.05) is 0 Å². The molecule has 2 aliphatic heterocycles. The van der Waals surface area contributed by atoms with Crippen molar-refractivity contribution in [3.8, 4) is 17.6 Å². The zero-order valence-electron chi connectivity index (χ0n) is 16.7. The van der Waals surface area contributed by atoms with Gasteiger partial charge in [0.05, 0.1) is 48.5 Å². The van der Waals surface area contributed by atoms with Gasteiger partial charge in [-0.15, -0.1) is 0 Å². The average Bonchev–Trinajstić information content (AvgIpc) is 3.42. The first-order valence-electron chi connectivity index (χ1n) is 9.62. The number of hydrogen-bond acceptors (Lipinski definition) is 6. The molecule has 0 aliphatic carbocycles. The number of nitriles is 1. The molecule has 9 nitrogen and oxygen atoms in total. The lowest BCUT2D eigenvalue weighted by atomic mass is 10.1. The minimum Gasteiger partial charge on any atom is -0.493 e. The third kappa shape index (κ3) is 3.21. The number of rotatable bonds is 4. The molecule has 2 unspecified atom stereocenters. The van der Waals surface area contributed by atoms with Crippen LogP contribution in [-0.4, -0.2) is 44.7 Å². The van der Waals surface area contributed by atoms with E-state index in [2.05, 4.69) is 4.74 Å². The van der Waals surface area contributed by atoms with Gasteiger partial charge in [0.2, 0.25) is 11.8 Å². The summed E-state index contributed by atoms with van der Waals surface area (Å²) in [4.78, 5) is 38.3. The third-order valence-electron chi connectivity index (χ3n) is 5.84. The van der Waals surface area contributed by atoms with Gasteiger partial charge in [-0.2, -0.15) is 18.4 Å². The van der Waals surface area contributed by atoms with E-state index < -0.39 is 46.9 Å². The van der Waals surface area contributed by atoms with Gasteiger partial charge in [0.15, 0.2) is 0 Å². The van der Waals surface area contributed by atoms with Crippen LogP contribution in [0, 0.1) is 11.3 Å². The molecule has 32 heavy (non-hydrogen) atoms. The number of benzene rings is 1. The highest BCUT2D eigenvalue weighted by Crippen LogP contribution is 2.49. The molecule has 3 heterocycles. The maximum absolute atomic E-state index is 13.3. The van der Waals surface area contributed by atoms with E-state index in [1.54, 1.807) is 0 Å². The highest BCUT2D eigenvalue weighted by Gasteiger charge is 2.49. The van der Waals surface area contributed by atoms with Crippen LogP contribution in [0.15, 0.2) is 23.0 Å². The molecule has 12 heteroatoms. The number of aromatic nitrogens is 2. The molecule has 1 aromatic heterocycles. The minimum absolute atomic E-state index is 0.105. The first-order valence-corrected chi connectivity index (χ1v) is 9.62. The van der Waals surface area contributed by atoms with Crippen LogP contribution in [0.25, 0.3) is 5.69 Å². The molecule has 1 aromatic carbocycles. The number of carbonyl (C=O) groups excluding carboxylic acids is 2. The molecule has 1 fully saturated rings. The Kier molecular flexibility index (Phi) is 4.99. The summed E-state index contributed by atoms with van der Waals surface area (Å²) >= 11 is 0. The van der Waals surface area contributed by atoms with Crippen LogP contribution in [0.2, 0.25) is 0 Å². The van der Waals surface area contributed by atoms with E-state index in [-0.39, 0.29) is 36.7 Å². The van der Waals surface area contributed by atoms with E-state index in [4.69, 9.17) is 5.26 Å². The fourth-order valence-electron chi connectivity index (χ4n) is 4.41. The summed E-state index contributed by atoms with van der Waals surface area (Å²) in [5, 5.41) is 19.7. The second-order valence-corrected chi connectivity index (χ2v) is 7.56. The maximum atomic E-state index is 13.3. The summed E-state index contributed by atoms with van der Waals surface area (Å²) in [7, 11) is 1.21. The molecule has 1 N–H and O–H groups in total. The topological polar surface area (TPSA) is 118 Å². The van der Waals surface area contributed by atoms with E-state index in [0.717, 1.165) is 16.7 Å². The van der Waals surface area contributed by atoms with E-state index in [1.807, 2.05) is 0 Å². The van der Waals surface area contributed by atoms with Crippen LogP contribution in [0.1, 0.15) is 48.2 Å². The Bertz CT molecular complexity index is 1220. The highest BCUT2D eigenvalue weighted by atomic mass is 19.4. The number of methoxy groups -OCH3 is 1. The monoisotopic (exact) mass is 450 g/mol. The smallest absolute Gasteiger partial charge is 0.417 e. The largest absolute Gasteiger partial charge is 0.493 e. The first-order chi connectivity index (χ1) is 15.1. The number of amides is 1. The summed E-state index contributed by atoms with van der Waals surface area (Å²) in [6, 6.07) is 3.09. The van der Waals surface area contributed by atoms with E-state index in [1.165, 1.54) is 22.6 Å². The minimum atomic E-state index is -4.83. The molecule has 0 spiro atoms. The average molecular weight is 450 g/mol. The molecule has 2 bridgehead atoms. The van der Waals surface area contributed by atoms with Crippen molar-refractivity contribution in [2.75, 3.05) is 13.7 Å². The molecular formula is C20H17F3N4O5. The van der Waals surface area contributed by atoms with Gasteiger partial charge < -0.3 is 14.7 Å². The van der Waals surface area contributed by atoms with Gasteiger partial charge in [0.1, 0.15) is 5.69 Å². The van der Waals surface area contributed by atoms with Crippen molar-refractivity contribution < 1.29 is 32.6 Å². The Hall–Kier alpha value is -3.75. The lowest BCUT2D eigenvalue weighted by molar-refractivity contribution is -0.144. The van der Waals surface area contributed by atoms with Gasteiger partial charge in [-0.25, -0.2) is 9.36 Å². The van der Waals surface area contributed by atoms with Crippen LogP contribution >= 0.6 is 0 Å². The first kappa shape index (κ1) is 21.5. The van der Waals surface area contributed by atoms with Crippen molar-refractivity contribution in [2.45, 2.75) is 37.5 Å². The SMILES string of the molecule is COC(=O)CCC(=O)N1CC2CC1c1c(O)n(-c3ccc(C#N)c(C(F)(F)F)c3)c(=O)n12. The van der Waals surface area contributed by atoms with Crippen molar-refractivity contribution in [2.24, 2.45) is 0 Å². The standard InChI is InChI=1S/C20H17F3N4O5/c1-32-16(29)5-4-15(28)25-9-12-7-14(25)17-18(30)27(19(31)26(12)17)11-3-2-10(8-24)13(6-11)20(21,22)23/h2-3,6,12,14,30H,4-5,7,9H2,1H3. The summed E-state index contributed by atoms with van der Waals surface area (Å²) < 4.78 is 46.6. The number of aromatic hydroxyl groups is 1. The molecule has 1 amide bonds. The summed E-state index contributed by atoms with van der Waals surface area (Å²) in [5.41, 5.74) is -2.68. The van der Waals surface area contributed by atoms with E-state index in [9.17, 15) is 32.7 Å². The van der Waals surface area contributed by atoms with Crippen molar-refractivity contribution in [3.63, 3.8) is 0 Å². The van der Waals surface area contributed by atoms with Gasteiger partial charge in [0.25, 0.3) is 0 Å². The predicted molar refractivity (Wildman–Crippen MR) is 101 cm³/mol. The van der Waals surface area contributed by atoms with Crippen LogP contribution in [0.4, 0.5) is 13.2 Å². The number of esters is 1. The molecule has 2 aliphatic rings. The molecule has 2 atom stereocenters. The number of halogens is 3. The van der Waals surface area contributed by atoms with Crippen molar-refractivity contribution in [3.05, 3.63) is 45.5 Å². The second kappa shape index (κ2) is 7.44. The molecular weight excluding hydrogens is 433 g/mol. The number of fused-ring (bicyclic) bond motifs is 5. The number of imidazole rings is 1. The molecule has 0 radical (unpaired) electrons. The lowest BCUT2D eigenvalue weighted by Crippen LogP contribution is -2.38. The quantitative estimate of drug-likeness (QED) is 0.713. The van der Waals surface area contributed by atoms with Gasteiger partial charge in [-0.3, -0.25) is 14.2 Å². The Labute approximate surface area is 178 Å². The van der Waals surface area contributed by atoms with Crippen molar-refractivity contribution in [1.82, 2.24) is 14.0 Å². The zero-order valence-corrected chi connectivity index (χ0v) is 16.7. The van der Waals surface area contributed by atoms with Crippen LogP contribution in [-0.2, 0) is 20.5 Å². The Morgan fingerprint density at radius 3 is 2.66 bits per heavy atom. The number of alkyl halides is 3. The fraction of sp³-hybridized carbons (Fsp3) is 0.400. The van der Waals surface area contributed by atoms with Crippen LogP contribution < -0.4 is 5.69 Å². The number of hydrogen-bond donors (Lipinski definition) is 1.